The number of hydroxylamine groups is 2. The lowest BCUT2D eigenvalue weighted by Gasteiger charge is -2.18. The highest BCUT2D eigenvalue weighted by Crippen LogP contribution is 2.20. The Morgan fingerprint density at radius 2 is 2.07 bits per heavy atom. The highest BCUT2D eigenvalue weighted by atomic mass is 19.1. The maximum absolute atomic E-state index is 13.9. The molecule has 0 amide bonds. The molecule has 0 radical (unpaired) electrons. The third kappa shape index (κ3) is 3.42. The van der Waals surface area contributed by atoms with Crippen LogP contribution in [0.2, 0.25) is 0 Å². The van der Waals surface area contributed by atoms with Gasteiger partial charge in [0.1, 0.15) is 0 Å². The van der Waals surface area contributed by atoms with Crippen LogP contribution < -0.4 is 10.7 Å². The lowest BCUT2D eigenvalue weighted by molar-refractivity contribution is -0.418. The second-order valence-electron chi connectivity index (χ2n) is 6.22. The Morgan fingerprint density at radius 3 is 2.70 bits per heavy atom. The Morgan fingerprint density at radius 1 is 1.37 bits per heavy atom. The minimum absolute atomic E-state index is 0.0436. The van der Waals surface area contributed by atoms with Crippen LogP contribution in [0.3, 0.4) is 0 Å². The van der Waals surface area contributed by atoms with Crippen LogP contribution in [0.5, 0.6) is 0 Å². The first-order chi connectivity index (χ1) is 14.2. The van der Waals surface area contributed by atoms with Crippen molar-refractivity contribution < 1.29 is 34.0 Å². The largest absolute Gasteiger partial charge is 0.504 e. The molecule has 1 aliphatic carbocycles. The van der Waals surface area contributed by atoms with Gasteiger partial charge in [-0.25, -0.2) is 4.79 Å². The highest BCUT2D eigenvalue weighted by Gasteiger charge is 2.30. The first-order valence-corrected chi connectivity index (χ1v) is 8.63. The zero-order valence-corrected chi connectivity index (χ0v) is 15.8. The monoisotopic (exact) mass is 417 g/mol. The van der Waals surface area contributed by atoms with Gasteiger partial charge in [0.05, 0.1) is 28.1 Å². The summed E-state index contributed by atoms with van der Waals surface area (Å²) in [7, 11) is 1.46. The fourth-order valence-corrected chi connectivity index (χ4v) is 3.09. The first kappa shape index (κ1) is 20.7. The van der Waals surface area contributed by atoms with Crippen molar-refractivity contribution in [2.24, 2.45) is 7.05 Å². The summed E-state index contributed by atoms with van der Waals surface area (Å²) in [5.74, 6) is -3.77. The molecule has 1 aromatic rings. The number of Topliss-reactive ketones (excluding diaryl/α,β-unsaturated/α-hetero) is 1. The number of hydrogen-bond acceptors (Lipinski definition) is 8. The Balaban J connectivity index is 2.43. The number of nitrogens with zero attached hydrogens (tertiary/aromatic N) is 3. The van der Waals surface area contributed by atoms with Gasteiger partial charge in [-0.1, -0.05) is 6.08 Å². The number of carbonyl (C=O) groups excluding carboxylic acids is 2. The van der Waals surface area contributed by atoms with E-state index >= 15 is 0 Å². The molecule has 2 heterocycles. The lowest BCUT2D eigenvalue weighted by Crippen LogP contribution is -2.34. The van der Waals surface area contributed by atoms with Crippen LogP contribution in [0.4, 0.5) is 4.39 Å². The molecule has 1 aliphatic heterocycles. The Kier molecular flexibility index (Phi) is 5.39. The standard InChI is InChI=1S/C19H16FN3O7/c1-3-30-19(26)11-9-13(10-7-14(23(28)29)18(25)15(24)8-10)21(2)17(11)12-5-4-6-16(20)22(12)27/h4-9,24,27H,3H2,1-2H3/b13-10+,17-12-. The predicted molar refractivity (Wildman–Crippen MR) is 100 cm³/mol. The van der Waals surface area contributed by atoms with Gasteiger partial charge in [0.15, 0.2) is 5.76 Å². The molecule has 2 aliphatic rings. The van der Waals surface area contributed by atoms with E-state index in [1.54, 1.807) is 6.92 Å². The van der Waals surface area contributed by atoms with Crippen molar-refractivity contribution in [1.82, 2.24) is 9.63 Å². The summed E-state index contributed by atoms with van der Waals surface area (Å²) >= 11 is 0. The lowest BCUT2D eigenvalue weighted by atomic mass is 10.0. The number of aromatic nitrogens is 1. The fourth-order valence-electron chi connectivity index (χ4n) is 3.09. The van der Waals surface area contributed by atoms with Gasteiger partial charge >= 0.3 is 11.7 Å². The van der Waals surface area contributed by atoms with Crippen LogP contribution in [0.15, 0.2) is 53.9 Å². The van der Waals surface area contributed by atoms with Gasteiger partial charge in [0.25, 0.3) is 5.78 Å². The van der Waals surface area contributed by atoms with E-state index in [-0.39, 0.29) is 39.2 Å². The molecule has 0 aromatic carbocycles. The fraction of sp³-hybridized carbons (Fsp3) is 0.158. The highest BCUT2D eigenvalue weighted by molar-refractivity contribution is 6.09. The Labute approximate surface area is 168 Å². The van der Waals surface area contributed by atoms with E-state index < -0.39 is 34.1 Å². The smallest absolute Gasteiger partial charge is 0.340 e. The van der Waals surface area contributed by atoms with Gasteiger partial charge in [-0.15, -0.1) is 0 Å². The SMILES string of the molecule is CCOC(=O)c1c/c(=C2\C=C(O)C(=O)C([N+](=O)[O-])=C2)n(C)/c1=C1/C=CC=C(F)N1O. The summed E-state index contributed by atoms with van der Waals surface area (Å²) in [6.45, 7) is 1.63. The van der Waals surface area contributed by atoms with Crippen molar-refractivity contribution in [3.05, 3.63) is 80.2 Å². The summed E-state index contributed by atoms with van der Waals surface area (Å²) in [6, 6.07) is 1.31. The number of hydrogen-bond donors (Lipinski definition) is 2. The number of esters is 1. The summed E-state index contributed by atoms with van der Waals surface area (Å²) in [5, 5.41) is 31.5. The van der Waals surface area contributed by atoms with Gasteiger partial charge in [-0.05, 0) is 31.2 Å². The topological polar surface area (TPSA) is 135 Å². The van der Waals surface area contributed by atoms with E-state index in [4.69, 9.17) is 4.74 Å². The number of aliphatic hydroxyl groups is 1. The minimum atomic E-state index is -1.15. The van der Waals surface area contributed by atoms with Crippen molar-refractivity contribution in [2.75, 3.05) is 6.61 Å². The van der Waals surface area contributed by atoms with Crippen LogP contribution in [0, 0.1) is 10.1 Å². The molecular formula is C19H16FN3O7. The molecule has 0 saturated carbocycles. The molecule has 156 valence electrons. The average molecular weight is 417 g/mol. The summed E-state index contributed by atoms with van der Waals surface area (Å²) < 4.78 is 20.3. The third-order valence-electron chi connectivity index (χ3n) is 4.43. The molecule has 0 atom stereocenters. The van der Waals surface area contributed by atoms with Crippen LogP contribution in [0.1, 0.15) is 17.3 Å². The maximum Gasteiger partial charge on any atom is 0.340 e. The van der Waals surface area contributed by atoms with Crippen LogP contribution in [-0.2, 0) is 16.6 Å². The number of rotatable bonds is 3. The van der Waals surface area contributed by atoms with Crippen molar-refractivity contribution in [3.63, 3.8) is 0 Å². The van der Waals surface area contributed by atoms with Gasteiger partial charge in [-0.2, -0.15) is 9.45 Å². The van der Waals surface area contributed by atoms with Gasteiger partial charge in [-0.3, -0.25) is 20.1 Å². The molecule has 0 spiro atoms. The second-order valence-corrected chi connectivity index (χ2v) is 6.22. The van der Waals surface area contributed by atoms with Gasteiger partial charge in [0, 0.05) is 24.0 Å². The third-order valence-corrected chi connectivity index (χ3v) is 4.43. The van der Waals surface area contributed by atoms with Crippen LogP contribution in [-0.4, -0.2) is 43.2 Å². The summed E-state index contributed by atoms with van der Waals surface area (Å²) in [6.07, 6.45) is 5.65. The normalized spacial score (nSPS) is 19.9. The van der Waals surface area contributed by atoms with E-state index in [9.17, 15) is 34.4 Å². The predicted octanol–water partition coefficient (Wildman–Crippen LogP) is 0.718. The molecule has 2 N–H and O–H groups in total. The molecule has 0 bridgehead atoms. The Hall–Kier alpha value is -3.99. The summed E-state index contributed by atoms with van der Waals surface area (Å²) in [5.41, 5.74) is -0.950. The molecule has 11 heteroatoms. The number of ether oxygens (including phenoxy) is 1. The molecule has 0 unspecified atom stereocenters. The maximum atomic E-state index is 13.9. The van der Waals surface area contributed by atoms with Crippen LogP contribution >= 0.6 is 0 Å². The summed E-state index contributed by atoms with van der Waals surface area (Å²) in [4.78, 5) is 34.5. The molecule has 30 heavy (non-hydrogen) atoms. The number of halogens is 1. The van der Waals surface area contributed by atoms with Crippen molar-refractivity contribution >= 4 is 23.0 Å². The van der Waals surface area contributed by atoms with Crippen LogP contribution in [0.25, 0.3) is 11.3 Å². The number of nitro groups is 1. The number of ketones is 1. The Bertz CT molecular complexity index is 1220. The van der Waals surface area contributed by atoms with Gasteiger partial charge < -0.3 is 14.4 Å². The zero-order chi connectivity index (χ0) is 22.2. The molecular weight excluding hydrogens is 401 g/mol. The first-order valence-electron chi connectivity index (χ1n) is 8.63. The zero-order valence-electron chi connectivity index (χ0n) is 15.8. The molecule has 0 saturated heterocycles. The second kappa shape index (κ2) is 7.79. The molecule has 0 fully saturated rings. The molecule has 10 nitrogen and oxygen atoms in total. The molecule has 1 aromatic heterocycles. The number of allylic oxidation sites excluding steroid dienone is 4. The minimum Gasteiger partial charge on any atom is -0.504 e. The van der Waals surface area contributed by atoms with E-state index in [1.807, 2.05) is 0 Å². The van der Waals surface area contributed by atoms with Crippen molar-refractivity contribution in [3.8, 4) is 0 Å². The number of aliphatic hydroxyl groups excluding tert-OH is 1. The quantitative estimate of drug-likeness (QED) is 0.318. The van der Waals surface area contributed by atoms with Crippen molar-refractivity contribution in [2.45, 2.75) is 6.92 Å². The van der Waals surface area contributed by atoms with E-state index in [0.717, 1.165) is 18.2 Å². The van der Waals surface area contributed by atoms with Crippen molar-refractivity contribution in [1.29, 1.82) is 0 Å². The van der Waals surface area contributed by atoms with E-state index in [1.165, 1.54) is 29.8 Å². The van der Waals surface area contributed by atoms with Gasteiger partial charge in [0.2, 0.25) is 5.95 Å². The average Bonchev–Trinajstić information content (AvgIpc) is 3.03. The number of carbonyl (C=O) groups is 2. The van der Waals surface area contributed by atoms with E-state index in [0.29, 0.717) is 0 Å². The molecule has 3 rings (SSSR count). The van der Waals surface area contributed by atoms with E-state index in [2.05, 4.69) is 0 Å².